The lowest BCUT2D eigenvalue weighted by atomic mass is 9.78. The van der Waals surface area contributed by atoms with Gasteiger partial charge in [0.05, 0.1) is 12.5 Å². The van der Waals surface area contributed by atoms with Gasteiger partial charge in [-0.05, 0) is 19.3 Å². The fourth-order valence-corrected chi connectivity index (χ4v) is 2.82. The van der Waals surface area contributed by atoms with Crippen LogP contribution >= 0.6 is 0 Å². The highest BCUT2D eigenvalue weighted by atomic mass is 19.4. The predicted molar refractivity (Wildman–Crippen MR) is 71.8 cm³/mol. The normalized spacial score (nSPS) is 23.9. The van der Waals surface area contributed by atoms with Gasteiger partial charge in [-0.1, -0.05) is 24.9 Å². The van der Waals surface area contributed by atoms with Gasteiger partial charge >= 0.3 is 6.18 Å². The third-order valence-electron chi connectivity index (χ3n) is 3.79. The molecule has 0 aromatic heterocycles. The third-order valence-corrected chi connectivity index (χ3v) is 3.79. The summed E-state index contributed by atoms with van der Waals surface area (Å²) in [5.41, 5.74) is 5.38. The SMILES string of the molecule is CCCN(CC(N)=NO)C(=O)C1CCCCC1C(F)(F)F. The number of carbonyl (C=O) groups is 1. The van der Waals surface area contributed by atoms with Gasteiger partial charge in [0.1, 0.15) is 0 Å². The molecule has 2 unspecified atom stereocenters. The summed E-state index contributed by atoms with van der Waals surface area (Å²) in [7, 11) is 0. The maximum Gasteiger partial charge on any atom is 0.392 e. The Labute approximate surface area is 122 Å². The Balaban J connectivity index is 2.89. The molecule has 1 rings (SSSR count). The van der Waals surface area contributed by atoms with Gasteiger partial charge in [-0.25, -0.2) is 0 Å². The van der Waals surface area contributed by atoms with E-state index in [-0.39, 0.29) is 31.8 Å². The van der Waals surface area contributed by atoms with Crippen LogP contribution in [0.1, 0.15) is 39.0 Å². The van der Waals surface area contributed by atoms with E-state index >= 15 is 0 Å². The first-order chi connectivity index (χ1) is 9.81. The highest BCUT2D eigenvalue weighted by Gasteiger charge is 2.48. The van der Waals surface area contributed by atoms with Gasteiger partial charge in [-0.3, -0.25) is 4.79 Å². The largest absolute Gasteiger partial charge is 0.409 e. The van der Waals surface area contributed by atoms with Crippen molar-refractivity contribution in [2.45, 2.75) is 45.2 Å². The van der Waals surface area contributed by atoms with Crippen LogP contribution in [0.2, 0.25) is 0 Å². The first-order valence-electron chi connectivity index (χ1n) is 7.13. The van der Waals surface area contributed by atoms with E-state index < -0.39 is 23.9 Å². The number of amides is 1. The number of nitrogens with zero attached hydrogens (tertiary/aromatic N) is 2. The van der Waals surface area contributed by atoms with Crippen molar-refractivity contribution in [2.24, 2.45) is 22.7 Å². The van der Waals surface area contributed by atoms with E-state index in [1.807, 2.05) is 6.92 Å². The van der Waals surface area contributed by atoms with Crippen molar-refractivity contribution in [2.75, 3.05) is 13.1 Å². The molecular formula is C13H22F3N3O2. The number of carbonyl (C=O) groups excluding carboxylic acids is 1. The van der Waals surface area contributed by atoms with Gasteiger partial charge in [0.2, 0.25) is 5.91 Å². The van der Waals surface area contributed by atoms with Crippen LogP contribution in [0.15, 0.2) is 5.16 Å². The van der Waals surface area contributed by atoms with Crippen molar-refractivity contribution in [3.63, 3.8) is 0 Å². The van der Waals surface area contributed by atoms with E-state index in [0.717, 1.165) is 0 Å². The van der Waals surface area contributed by atoms with Crippen molar-refractivity contribution in [1.29, 1.82) is 0 Å². The van der Waals surface area contributed by atoms with Crippen LogP contribution in [0.5, 0.6) is 0 Å². The first-order valence-corrected chi connectivity index (χ1v) is 7.13. The second kappa shape index (κ2) is 7.51. The fraction of sp³-hybridized carbons (Fsp3) is 0.846. The van der Waals surface area contributed by atoms with Crippen LogP contribution in [-0.4, -0.2) is 41.1 Å². The number of rotatable bonds is 5. The number of hydrogen-bond acceptors (Lipinski definition) is 3. The number of nitrogens with two attached hydrogens (primary N) is 1. The summed E-state index contributed by atoms with van der Waals surface area (Å²) in [6.07, 6.45) is -2.44. The smallest absolute Gasteiger partial charge is 0.392 e. The molecule has 1 saturated carbocycles. The van der Waals surface area contributed by atoms with E-state index in [0.29, 0.717) is 19.3 Å². The molecule has 0 radical (unpaired) electrons. The first kappa shape index (κ1) is 17.6. The zero-order valence-electron chi connectivity index (χ0n) is 12.1. The molecule has 8 heteroatoms. The Morgan fingerprint density at radius 2 is 2.00 bits per heavy atom. The van der Waals surface area contributed by atoms with E-state index in [1.54, 1.807) is 0 Å². The molecule has 0 heterocycles. The molecule has 0 saturated heterocycles. The lowest BCUT2D eigenvalue weighted by Gasteiger charge is -2.35. The minimum Gasteiger partial charge on any atom is -0.409 e. The monoisotopic (exact) mass is 309 g/mol. The molecule has 0 aromatic carbocycles. The molecule has 0 bridgehead atoms. The minimum absolute atomic E-state index is 0.0105. The summed E-state index contributed by atoms with van der Waals surface area (Å²) in [5.74, 6) is -3.39. The average Bonchev–Trinajstić information content (AvgIpc) is 2.45. The Morgan fingerprint density at radius 1 is 1.38 bits per heavy atom. The van der Waals surface area contributed by atoms with Crippen molar-refractivity contribution in [3.8, 4) is 0 Å². The van der Waals surface area contributed by atoms with Crippen LogP contribution in [0.3, 0.4) is 0 Å². The molecular weight excluding hydrogens is 287 g/mol. The lowest BCUT2D eigenvalue weighted by molar-refractivity contribution is -0.200. The topological polar surface area (TPSA) is 78.9 Å². The van der Waals surface area contributed by atoms with Crippen molar-refractivity contribution in [1.82, 2.24) is 4.90 Å². The van der Waals surface area contributed by atoms with Crippen LogP contribution < -0.4 is 5.73 Å². The molecule has 1 aliphatic rings. The molecule has 1 amide bonds. The zero-order chi connectivity index (χ0) is 16.0. The second-order valence-electron chi connectivity index (χ2n) is 5.39. The number of oxime groups is 1. The molecule has 0 aliphatic heterocycles. The highest BCUT2D eigenvalue weighted by molar-refractivity contribution is 5.88. The van der Waals surface area contributed by atoms with Gasteiger partial charge in [0.15, 0.2) is 5.84 Å². The maximum absolute atomic E-state index is 13.1. The summed E-state index contributed by atoms with van der Waals surface area (Å²) in [6, 6.07) is 0. The summed E-state index contributed by atoms with van der Waals surface area (Å²) < 4.78 is 39.2. The van der Waals surface area contributed by atoms with Crippen LogP contribution in [0, 0.1) is 11.8 Å². The van der Waals surface area contributed by atoms with E-state index in [2.05, 4.69) is 5.16 Å². The fourth-order valence-electron chi connectivity index (χ4n) is 2.82. The highest BCUT2D eigenvalue weighted by Crippen LogP contribution is 2.42. The van der Waals surface area contributed by atoms with Crippen molar-refractivity contribution in [3.05, 3.63) is 0 Å². The van der Waals surface area contributed by atoms with E-state index in [1.165, 1.54) is 4.90 Å². The molecule has 3 N–H and O–H groups in total. The molecule has 1 fully saturated rings. The predicted octanol–water partition coefficient (Wildman–Crippen LogP) is 2.34. The summed E-state index contributed by atoms with van der Waals surface area (Å²) in [5, 5.41) is 11.4. The Bertz CT molecular complexity index is 385. The van der Waals surface area contributed by atoms with Crippen molar-refractivity contribution >= 4 is 11.7 Å². The molecule has 2 atom stereocenters. The van der Waals surface area contributed by atoms with Gasteiger partial charge < -0.3 is 15.8 Å². The summed E-state index contributed by atoms with van der Waals surface area (Å²) in [4.78, 5) is 13.7. The zero-order valence-corrected chi connectivity index (χ0v) is 12.1. The van der Waals surface area contributed by atoms with Gasteiger partial charge in [0, 0.05) is 12.5 Å². The quantitative estimate of drug-likeness (QED) is 0.354. The second-order valence-corrected chi connectivity index (χ2v) is 5.39. The van der Waals surface area contributed by atoms with E-state index in [4.69, 9.17) is 10.9 Å². The lowest BCUT2D eigenvalue weighted by Crippen LogP contribution is -2.47. The standard InChI is InChI=1S/C13H22F3N3O2/c1-2-7-19(8-11(17)18-21)12(20)9-5-3-4-6-10(9)13(14,15)16/h9-10,21H,2-8H2,1H3,(H2,17,18). The Hall–Kier alpha value is -1.47. The van der Waals surface area contributed by atoms with Crippen LogP contribution in [-0.2, 0) is 4.79 Å². The maximum atomic E-state index is 13.1. The molecule has 0 aromatic rings. The summed E-state index contributed by atoms with van der Waals surface area (Å²) >= 11 is 0. The molecule has 5 nitrogen and oxygen atoms in total. The number of hydrogen-bond donors (Lipinski definition) is 2. The van der Waals surface area contributed by atoms with Gasteiger partial charge in [-0.15, -0.1) is 0 Å². The van der Waals surface area contributed by atoms with Crippen LogP contribution in [0.4, 0.5) is 13.2 Å². The van der Waals surface area contributed by atoms with Gasteiger partial charge in [0.25, 0.3) is 0 Å². The van der Waals surface area contributed by atoms with Gasteiger partial charge in [-0.2, -0.15) is 13.2 Å². The number of halogens is 3. The third kappa shape index (κ3) is 4.78. The van der Waals surface area contributed by atoms with Crippen LogP contribution in [0.25, 0.3) is 0 Å². The molecule has 21 heavy (non-hydrogen) atoms. The number of alkyl halides is 3. The summed E-state index contributed by atoms with van der Waals surface area (Å²) in [6.45, 7) is 1.95. The molecule has 0 spiro atoms. The molecule has 1 aliphatic carbocycles. The Morgan fingerprint density at radius 3 is 2.52 bits per heavy atom. The van der Waals surface area contributed by atoms with Crippen molar-refractivity contribution < 1.29 is 23.2 Å². The Kier molecular flexibility index (Phi) is 6.29. The minimum atomic E-state index is -4.37. The molecule has 122 valence electrons. The van der Waals surface area contributed by atoms with E-state index in [9.17, 15) is 18.0 Å². The average molecular weight is 309 g/mol. The number of amidine groups is 1.